The van der Waals surface area contributed by atoms with Crippen LogP contribution in [0.3, 0.4) is 0 Å². The zero-order chi connectivity index (χ0) is 10.2. The second-order valence-electron chi connectivity index (χ2n) is 3.43. The topological polar surface area (TPSA) is 48.4 Å². The Balaban J connectivity index is 2.07. The van der Waals surface area contributed by atoms with E-state index >= 15 is 0 Å². The van der Waals surface area contributed by atoms with Gasteiger partial charge >= 0.3 is 0 Å². The van der Waals surface area contributed by atoms with Gasteiger partial charge in [0.1, 0.15) is 0 Å². The molecule has 0 saturated carbocycles. The fraction of sp³-hybridized carbons (Fsp3) is 0.636. The van der Waals surface area contributed by atoms with E-state index in [4.69, 9.17) is 14.9 Å². The fourth-order valence-electron chi connectivity index (χ4n) is 1.41. The highest BCUT2D eigenvalue weighted by atomic mass is 16.5. The predicted octanol–water partition coefficient (Wildman–Crippen LogP) is 1.97. The molecule has 0 aliphatic carbocycles. The average molecular weight is 197 g/mol. The molecule has 3 nitrogen and oxygen atoms in total. The van der Waals surface area contributed by atoms with E-state index in [1.165, 1.54) is 5.56 Å². The Morgan fingerprint density at radius 1 is 1.57 bits per heavy atom. The summed E-state index contributed by atoms with van der Waals surface area (Å²) in [5.74, 6) is 0. The SMILES string of the molecule is CCOCCCC(N)Cc1ccoc1. The molecule has 1 aromatic heterocycles. The maximum atomic E-state index is 5.95. The van der Waals surface area contributed by atoms with Crippen LogP contribution in [0.25, 0.3) is 0 Å². The molecule has 0 amide bonds. The van der Waals surface area contributed by atoms with Gasteiger partial charge in [0, 0.05) is 19.3 Å². The van der Waals surface area contributed by atoms with Crippen molar-refractivity contribution in [1.29, 1.82) is 0 Å². The normalized spacial score (nSPS) is 13.0. The van der Waals surface area contributed by atoms with Crippen LogP contribution >= 0.6 is 0 Å². The maximum Gasteiger partial charge on any atom is 0.0935 e. The summed E-state index contributed by atoms with van der Waals surface area (Å²) < 4.78 is 10.2. The molecule has 0 aliphatic rings. The molecule has 0 fully saturated rings. The second kappa shape index (κ2) is 6.62. The van der Waals surface area contributed by atoms with Crippen LogP contribution in [-0.4, -0.2) is 19.3 Å². The number of furan rings is 1. The van der Waals surface area contributed by atoms with Crippen LogP contribution in [0.1, 0.15) is 25.3 Å². The smallest absolute Gasteiger partial charge is 0.0935 e. The van der Waals surface area contributed by atoms with Crippen molar-refractivity contribution in [1.82, 2.24) is 0 Å². The van der Waals surface area contributed by atoms with Crippen LogP contribution in [0.4, 0.5) is 0 Å². The lowest BCUT2D eigenvalue weighted by molar-refractivity contribution is 0.142. The standard InChI is InChI=1S/C11H19NO2/c1-2-13-6-3-4-11(12)8-10-5-7-14-9-10/h5,7,9,11H,2-4,6,8,12H2,1H3. The Bertz CT molecular complexity index is 221. The molecule has 1 unspecified atom stereocenters. The van der Waals surface area contributed by atoms with Crippen molar-refractivity contribution in [3.8, 4) is 0 Å². The maximum absolute atomic E-state index is 5.95. The molecule has 80 valence electrons. The molecule has 2 N–H and O–H groups in total. The van der Waals surface area contributed by atoms with Gasteiger partial charge in [-0.25, -0.2) is 0 Å². The molecule has 0 aliphatic heterocycles. The summed E-state index contributed by atoms with van der Waals surface area (Å²) in [6.07, 6.45) is 6.37. The van der Waals surface area contributed by atoms with Crippen molar-refractivity contribution in [2.45, 2.75) is 32.2 Å². The van der Waals surface area contributed by atoms with Crippen molar-refractivity contribution < 1.29 is 9.15 Å². The number of nitrogens with two attached hydrogens (primary N) is 1. The molecule has 0 saturated heterocycles. The van der Waals surface area contributed by atoms with Crippen LogP contribution in [0.15, 0.2) is 23.0 Å². The van der Waals surface area contributed by atoms with Crippen molar-refractivity contribution >= 4 is 0 Å². The molecule has 3 heteroatoms. The third-order valence-electron chi connectivity index (χ3n) is 2.15. The van der Waals surface area contributed by atoms with E-state index in [1.54, 1.807) is 12.5 Å². The Morgan fingerprint density at radius 3 is 3.07 bits per heavy atom. The molecule has 1 rings (SSSR count). The highest BCUT2D eigenvalue weighted by Gasteiger charge is 2.04. The van der Waals surface area contributed by atoms with E-state index < -0.39 is 0 Å². The first-order valence-corrected chi connectivity index (χ1v) is 5.17. The highest BCUT2D eigenvalue weighted by molar-refractivity contribution is 5.06. The van der Waals surface area contributed by atoms with Crippen LogP contribution in [0.2, 0.25) is 0 Å². The van der Waals surface area contributed by atoms with E-state index in [0.29, 0.717) is 0 Å². The van der Waals surface area contributed by atoms with Crippen LogP contribution in [-0.2, 0) is 11.2 Å². The molecule has 0 bridgehead atoms. The zero-order valence-electron chi connectivity index (χ0n) is 8.74. The van der Waals surface area contributed by atoms with Gasteiger partial charge in [0.05, 0.1) is 12.5 Å². The largest absolute Gasteiger partial charge is 0.472 e. The van der Waals surface area contributed by atoms with Gasteiger partial charge in [0.15, 0.2) is 0 Å². The molecule has 0 spiro atoms. The van der Waals surface area contributed by atoms with Gasteiger partial charge in [0.25, 0.3) is 0 Å². The Hall–Kier alpha value is -0.800. The van der Waals surface area contributed by atoms with Gasteiger partial charge in [-0.2, -0.15) is 0 Å². The lowest BCUT2D eigenvalue weighted by Gasteiger charge is -2.09. The highest BCUT2D eigenvalue weighted by Crippen LogP contribution is 2.06. The van der Waals surface area contributed by atoms with Gasteiger partial charge < -0.3 is 14.9 Å². The van der Waals surface area contributed by atoms with Crippen molar-refractivity contribution in [3.63, 3.8) is 0 Å². The van der Waals surface area contributed by atoms with Gasteiger partial charge in [-0.05, 0) is 37.8 Å². The minimum Gasteiger partial charge on any atom is -0.472 e. The van der Waals surface area contributed by atoms with E-state index in [2.05, 4.69) is 0 Å². The van der Waals surface area contributed by atoms with Crippen molar-refractivity contribution in [3.05, 3.63) is 24.2 Å². The number of rotatable bonds is 7. The van der Waals surface area contributed by atoms with Crippen LogP contribution in [0.5, 0.6) is 0 Å². The Kier molecular flexibility index (Phi) is 5.33. The molecule has 0 aromatic carbocycles. The predicted molar refractivity (Wildman–Crippen MR) is 56.1 cm³/mol. The van der Waals surface area contributed by atoms with Crippen molar-refractivity contribution in [2.24, 2.45) is 5.73 Å². The summed E-state index contributed by atoms with van der Waals surface area (Å²) in [6, 6.07) is 2.18. The van der Waals surface area contributed by atoms with Crippen LogP contribution < -0.4 is 5.73 Å². The Morgan fingerprint density at radius 2 is 2.43 bits per heavy atom. The molecule has 0 radical (unpaired) electrons. The van der Waals surface area contributed by atoms with E-state index in [0.717, 1.165) is 32.5 Å². The van der Waals surface area contributed by atoms with Gasteiger partial charge in [-0.1, -0.05) is 0 Å². The fourth-order valence-corrected chi connectivity index (χ4v) is 1.41. The molecular weight excluding hydrogens is 178 g/mol. The van der Waals surface area contributed by atoms with Gasteiger partial charge in [-0.15, -0.1) is 0 Å². The quantitative estimate of drug-likeness (QED) is 0.680. The summed E-state index contributed by atoms with van der Waals surface area (Å²) in [4.78, 5) is 0. The minimum atomic E-state index is 0.216. The first-order valence-electron chi connectivity index (χ1n) is 5.17. The molecule has 1 aromatic rings. The number of ether oxygens (including phenoxy) is 1. The summed E-state index contributed by atoms with van der Waals surface area (Å²) >= 11 is 0. The summed E-state index contributed by atoms with van der Waals surface area (Å²) in [5.41, 5.74) is 7.12. The van der Waals surface area contributed by atoms with Gasteiger partial charge in [0.2, 0.25) is 0 Å². The number of hydrogen-bond acceptors (Lipinski definition) is 3. The summed E-state index contributed by atoms with van der Waals surface area (Å²) in [5, 5.41) is 0. The zero-order valence-corrected chi connectivity index (χ0v) is 8.74. The van der Waals surface area contributed by atoms with Gasteiger partial charge in [-0.3, -0.25) is 0 Å². The lowest BCUT2D eigenvalue weighted by atomic mass is 10.1. The third-order valence-corrected chi connectivity index (χ3v) is 2.15. The minimum absolute atomic E-state index is 0.216. The van der Waals surface area contributed by atoms with Crippen LogP contribution in [0, 0.1) is 0 Å². The molecular formula is C11H19NO2. The van der Waals surface area contributed by atoms with Crippen molar-refractivity contribution in [2.75, 3.05) is 13.2 Å². The van der Waals surface area contributed by atoms with E-state index in [-0.39, 0.29) is 6.04 Å². The van der Waals surface area contributed by atoms with E-state index in [1.807, 2.05) is 13.0 Å². The summed E-state index contributed by atoms with van der Waals surface area (Å²) in [6.45, 7) is 3.61. The first kappa shape index (κ1) is 11.3. The molecule has 1 heterocycles. The molecule has 14 heavy (non-hydrogen) atoms. The lowest BCUT2D eigenvalue weighted by Crippen LogP contribution is -2.22. The Labute approximate surface area is 85.2 Å². The average Bonchev–Trinajstić information content (AvgIpc) is 2.65. The first-order chi connectivity index (χ1) is 6.83. The van der Waals surface area contributed by atoms with E-state index in [9.17, 15) is 0 Å². The number of hydrogen-bond donors (Lipinski definition) is 1. The molecule has 1 atom stereocenters. The summed E-state index contributed by atoms with van der Waals surface area (Å²) in [7, 11) is 0. The third kappa shape index (κ3) is 4.44. The monoisotopic (exact) mass is 197 g/mol. The second-order valence-corrected chi connectivity index (χ2v) is 3.43.